The normalized spacial score (nSPS) is 13.3. The van der Waals surface area contributed by atoms with Crippen LogP contribution in [0, 0.1) is 0 Å². The third-order valence-electron chi connectivity index (χ3n) is 2.53. The van der Waals surface area contributed by atoms with Crippen LogP contribution in [0.4, 0.5) is 24.5 Å². The number of hydrogen-bond acceptors (Lipinski definition) is 4. The Balaban J connectivity index is 2.25. The molecule has 0 amide bonds. The minimum absolute atomic E-state index is 0.145. The molecular weight excluding hydrogens is 259 g/mol. The van der Waals surface area contributed by atoms with Gasteiger partial charge in [0.15, 0.2) is 0 Å². The van der Waals surface area contributed by atoms with Crippen molar-refractivity contribution in [3.63, 3.8) is 0 Å². The molecule has 102 valence electrons. The molecule has 2 heterocycles. The van der Waals surface area contributed by atoms with Crippen molar-refractivity contribution in [2.45, 2.75) is 19.1 Å². The fraction of sp³-hybridized carbons (Fsp3) is 0.273. The Morgan fingerprint density at radius 3 is 2.68 bits per heavy atom. The van der Waals surface area contributed by atoms with Gasteiger partial charge in [-0.1, -0.05) is 0 Å². The number of anilines is 2. The lowest BCUT2D eigenvalue weighted by Crippen LogP contribution is -2.13. The van der Waals surface area contributed by atoms with Crippen LogP contribution in [-0.2, 0) is 6.18 Å². The number of H-pyrrole nitrogens is 1. The van der Waals surface area contributed by atoms with Gasteiger partial charge in [-0.2, -0.15) is 13.2 Å². The Bertz CT molecular complexity index is 550. The molecular formula is C11H12F3N5. The van der Waals surface area contributed by atoms with Gasteiger partial charge in [0, 0.05) is 12.4 Å². The number of nitrogens with one attached hydrogen (secondary N) is 2. The van der Waals surface area contributed by atoms with Gasteiger partial charge in [-0.15, -0.1) is 0 Å². The van der Waals surface area contributed by atoms with Crippen LogP contribution in [0.1, 0.15) is 24.5 Å². The molecule has 1 unspecified atom stereocenters. The lowest BCUT2D eigenvalue weighted by Gasteiger charge is -2.16. The molecule has 0 fully saturated rings. The van der Waals surface area contributed by atoms with Crippen molar-refractivity contribution in [3.8, 4) is 0 Å². The number of pyridine rings is 1. The van der Waals surface area contributed by atoms with Crippen molar-refractivity contribution < 1.29 is 13.2 Å². The van der Waals surface area contributed by atoms with Crippen LogP contribution in [0.3, 0.4) is 0 Å². The van der Waals surface area contributed by atoms with Crippen molar-refractivity contribution >= 4 is 11.4 Å². The fourth-order valence-corrected chi connectivity index (χ4v) is 1.56. The first kappa shape index (κ1) is 13.2. The molecule has 0 aromatic carbocycles. The van der Waals surface area contributed by atoms with E-state index in [2.05, 4.69) is 20.3 Å². The molecule has 0 saturated carbocycles. The average molecular weight is 271 g/mol. The van der Waals surface area contributed by atoms with Crippen molar-refractivity contribution in [1.29, 1.82) is 0 Å². The topological polar surface area (TPSA) is 79.6 Å². The maximum Gasteiger partial charge on any atom is 0.433 e. The lowest BCUT2D eigenvalue weighted by atomic mass is 10.2. The number of nitrogen functional groups attached to an aromatic ring is 1. The smallest absolute Gasteiger partial charge is 0.396 e. The van der Waals surface area contributed by atoms with E-state index in [1.54, 1.807) is 19.3 Å². The van der Waals surface area contributed by atoms with Crippen molar-refractivity contribution in [1.82, 2.24) is 15.0 Å². The van der Waals surface area contributed by atoms with Crippen LogP contribution in [0.25, 0.3) is 0 Å². The second kappa shape index (κ2) is 4.79. The van der Waals surface area contributed by atoms with E-state index in [-0.39, 0.29) is 17.4 Å². The highest BCUT2D eigenvalue weighted by Gasteiger charge is 2.33. The molecule has 0 radical (unpaired) electrons. The summed E-state index contributed by atoms with van der Waals surface area (Å²) in [6.07, 6.45) is -0.326. The summed E-state index contributed by atoms with van der Waals surface area (Å²) in [6.45, 7) is 1.76. The second-order valence-electron chi connectivity index (χ2n) is 3.99. The molecule has 0 bridgehead atoms. The van der Waals surface area contributed by atoms with Gasteiger partial charge in [0.25, 0.3) is 0 Å². The number of aromatic nitrogens is 3. The summed E-state index contributed by atoms with van der Waals surface area (Å²) >= 11 is 0. The highest BCUT2D eigenvalue weighted by Crippen LogP contribution is 2.32. The Labute approximate surface area is 107 Å². The summed E-state index contributed by atoms with van der Waals surface area (Å²) in [5.74, 6) is 0.602. The number of rotatable bonds is 3. The van der Waals surface area contributed by atoms with E-state index in [9.17, 15) is 13.2 Å². The zero-order chi connectivity index (χ0) is 14.0. The fourth-order valence-electron chi connectivity index (χ4n) is 1.56. The zero-order valence-electron chi connectivity index (χ0n) is 9.99. The van der Waals surface area contributed by atoms with Crippen molar-refractivity contribution in [2.24, 2.45) is 0 Å². The maximum atomic E-state index is 12.6. The zero-order valence-corrected chi connectivity index (χ0v) is 9.99. The average Bonchev–Trinajstić information content (AvgIpc) is 2.84. The van der Waals surface area contributed by atoms with E-state index in [1.165, 1.54) is 0 Å². The van der Waals surface area contributed by atoms with Gasteiger partial charge in [-0.3, -0.25) is 0 Å². The predicted octanol–water partition coefficient (Wildman–Crippen LogP) is 2.58. The maximum absolute atomic E-state index is 12.6. The molecule has 0 aliphatic carbocycles. The Morgan fingerprint density at radius 2 is 2.11 bits per heavy atom. The molecule has 4 N–H and O–H groups in total. The van der Waals surface area contributed by atoms with Crippen LogP contribution in [0.15, 0.2) is 24.7 Å². The number of imidazole rings is 1. The van der Waals surface area contributed by atoms with E-state index in [1.807, 2.05) is 0 Å². The molecule has 0 spiro atoms. The Kier molecular flexibility index (Phi) is 3.32. The molecule has 0 saturated heterocycles. The van der Waals surface area contributed by atoms with Gasteiger partial charge in [-0.25, -0.2) is 9.97 Å². The monoisotopic (exact) mass is 271 g/mol. The second-order valence-corrected chi connectivity index (χ2v) is 3.99. The number of halogens is 3. The molecule has 2 aromatic heterocycles. The van der Waals surface area contributed by atoms with Gasteiger partial charge >= 0.3 is 6.18 Å². The van der Waals surface area contributed by atoms with Gasteiger partial charge in [0.2, 0.25) is 0 Å². The SMILES string of the molecule is CC(Nc1cc(C(F)(F)F)ncc1N)c1ncc[nH]1. The van der Waals surface area contributed by atoms with E-state index in [4.69, 9.17) is 5.73 Å². The minimum atomic E-state index is -4.50. The molecule has 2 rings (SSSR count). The highest BCUT2D eigenvalue weighted by molar-refractivity contribution is 5.65. The molecule has 0 aliphatic rings. The van der Waals surface area contributed by atoms with Crippen molar-refractivity contribution in [2.75, 3.05) is 11.1 Å². The number of nitrogens with zero attached hydrogens (tertiary/aromatic N) is 2. The van der Waals surface area contributed by atoms with Crippen molar-refractivity contribution in [3.05, 3.63) is 36.2 Å². The molecule has 8 heteroatoms. The van der Waals surface area contributed by atoms with E-state index in [0.717, 1.165) is 12.3 Å². The van der Waals surface area contributed by atoms with Gasteiger partial charge in [-0.05, 0) is 13.0 Å². The molecule has 1 atom stereocenters. The number of hydrogen-bond donors (Lipinski definition) is 3. The van der Waals surface area contributed by atoms with Crippen LogP contribution >= 0.6 is 0 Å². The first-order chi connectivity index (χ1) is 8.88. The minimum Gasteiger partial charge on any atom is -0.396 e. The third kappa shape index (κ3) is 2.95. The summed E-state index contributed by atoms with van der Waals surface area (Å²) in [7, 11) is 0. The van der Waals surface area contributed by atoms with E-state index >= 15 is 0 Å². The summed E-state index contributed by atoms with van der Waals surface area (Å²) in [5.41, 5.74) is 4.94. The summed E-state index contributed by atoms with van der Waals surface area (Å²) < 4.78 is 37.7. The Hall–Kier alpha value is -2.25. The van der Waals surface area contributed by atoms with E-state index in [0.29, 0.717) is 5.82 Å². The summed E-state index contributed by atoms with van der Waals surface area (Å²) in [6, 6.07) is 0.579. The van der Waals surface area contributed by atoms with Crippen LogP contribution in [0.2, 0.25) is 0 Å². The largest absolute Gasteiger partial charge is 0.433 e. The molecule has 2 aromatic rings. The van der Waals surface area contributed by atoms with Gasteiger partial charge < -0.3 is 16.0 Å². The quantitative estimate of drug-likeness (QED) is 0.801. The van der Waals surface area contributed by atoms with Gasteiger partial charge in [0.1, 0.15) is 11.5 Å². The summed E-state index contributed by atoms with van der Waals surface area (Å²) in [4.78, 5) is 10.2. The number of nitrogens with two attached hydrogens (primary N) is 1. The summed E-state index contributed by atoms with van der Waals surface area (Å²) in [5, 5.41) is 2.87. The molecule has 0 aliphatic heterocycles. The first-order valence-electron chi connectivity index (χ1n) is 5.46. The predicted molar refractivity (Wildman–Crippen MR) is 64.3 cm³/mol. The van der Waals surface area contributed by atoms with Crippen LogP contribution in [0.5, 0.6) is 0 Å². The number of aromatic amines is 1. The first-order valence-corrected chi connectivity index (χ1v) is 5.46. The van der Waals surface area contributed by atoms with E-state index < -0.39 is 11.9 Å². The Morgan fingerprint density at radius 1 is 1.37 bits per heavy atom. The standard InChI is InChI=1S/C11H12F3N5/c1-6(10-16-2-3-17-10)19-8-4-9(11(12,13)14)18-5-7(8)15/h2-6H,15H2,1H3,(H,16,17)(H,18,19). The lowest BCUT2D eigenvalue weighted by molar-refractivity contribution is -0.141. The number of alkyl halides is 3. The molecule has 19 heavy (non-hydrogen) atoms. The molecule has 5 nitrogen and oxygen atoms in total. The highest BCUT2D eigenvalue weighted by atomic mass is 19.4. The van der Waals surface area contributed by atoms with Gasteiger partial charge in [0.05, 0.1) is 23.6 Å². The van der Waals surface area contributed by atoms with Crippen LogP contribution in [-0.4, -0.2) is 15.0 Å². The third-order valence-corrected chi connectivity index (χ3v) is 2.53. The van der Waals surface area contributed by atoms with Crippen LogP contribution < -0.4 is 11.1 Å².